The first-order valence-corrected chi connectivity index (χ1v) is 6.44. The summed E-state index contributed by atoms with van der Waals surface area (Å²) in [5, 5.41) is 17.6. The molecule has 1 atom stereocenters. The SMILES string of the molecule is CCCC(CC)Nc1cccc(-c2nn[nH]n2)c1. The van der Waals surface area contributed by atoms with Crippen LogP contribution in [0.3, 0.4) is 0 Å². The second-order valence-electron chi connectivity index (χ2n) is 4.35. The van der Waals surface area contributed by atoms with Crippen LogP contribution in [0, 0.1) is 0 Å². The number of hydrogen-bond acceptors (Lipinski definition) is 4. The standard InChI is InChI=1S/C13H19N5/c1-3-6-11(4-2)14-12-8-5-7-10(9-12)13-15-17-18-16-13/h5,7-9,11,14H,3-4,6H2,1-2H3,(H,15,16,17,18). The lowest BCUT2D eigenvalue weighted by atomic mass is 10.1. The molecule has 96 valence electrons. The molecule has 0 fully saturated rings. The summed E-state index contributed by atoms with van der Waals surface area (Å²) in [6.07, 6.45) is 3.50. The molecule has 5 nitrogen and oxygen atoms in total. The van der Waals surface area contributed by atoms with Crippen LogP contribution in [0.5, 0.6) is 0 Å². The van der Waals surface area contributed by atoms with E-state index in [1.807, 2.05) is 12.1 Å². The number of benzene rings is 1. The Labute approximate surface area is 107 Å². The van der Waals surface area contributed by atoms with Crippen molar-refractivity contribution in [1.82, 2.24) is 20.6 Å². The van der Waals surface area contributed by atoms with E-state index in [9.17, 15) is 0 Å². The fraction of sp³-hybridized carbons (Fsp3) is 0.462. The lowest BCUT2D eigenvalue weighted by molar-refractivity contribution is 0.623. The van der Waals surface area contributed by atoms with Crippen LogP contribution in [-0.2, 0) is 0 Å². The molecule has 0 aliphatic rings. The summed E-state index contributed by atoms with van der Waals surface area (Å²) in [6.45, 7) is 4.41. The van der Waals surface area contributed by atoms with Crippen molar-refractivity contribution in [2.24, 2.45) is 0 Å². The summed E-state index contributed by atoms with van der Waals surface area (Å²) in [7, 11) is 0. The maximum Gasteiger partial charge on any atom is 0.204 e. The first-order chi connectivity index (χ1) is 8.83. The molecule has 18 heavy (non-hydrogen) atoms. The number of tetrazole rings is 1. The Hall–Kier alpha value is -1.91. The molecular formula is C13H19N5. The fourth-order valence-corrected chi connectivity index (χ4v) is 1.99. The normalized spacial score (nSPS) is 12.3. The smallest absolute Gasteiger partial charge is 0.204 e. The van der Waals surface area contributed by atoms with Crippen LogP contribution >= 0.6 is 0 Å². The minimum atomic E-state index is 0.524. The molecule has 0 saturated carbocycles. The number of aromatic nitrogens is 4. The van der Waals surface area contributed by atoms with Gasteiger partial charge in [0.15, 0.2) is 0 Å². The number of hydrogen-bond donors (Lipinski definition) is 2. The summed E-state index contributed by atoms with van der Waals surface area (Å²) in [5.74, 6) is 0.627. The molecule has 5 heteroatoms. The molecule has 1 unspecified atom stereocenters. The topological polar surface area (TPSA) is 66.5 Å². The second-order valence-corrected chi connectivity index (χ2v) is 4.35. The average molecular weight is 245 g/mol. The number of aromatic amines is 1. The highest BCUT2D eigenvalue weighted by Crippen LogP contribution is 2.20. The zero-order valence-corrected chi connectivity index (χ0v) is 10.8. The maximum absolute atomic E-state index is 3.99. The van der Waals surface area contributed by atoms with Gasteiger partial charge in [0.05, 0.1) is 0 Å². The quantitative estimate of drug-likeness (QED) is 0.821. The zero-order valence-electron chi connectivity index (χ0n) is 10.8. The summed E-state index contributed by atoms with van der Waals surface area (Å²) in [4.78, 5) is 0. The van der Waals surface area contributed by atoms with Gasteiger partial charge in [-0.3, -0.25) is 0 Å². The molecule has 2 rings (SSSR count). The van der Waals surface area contributed by atoms with Crippen molar-refractivity contribution in [3.63, 3.8) is 0 Å². The van der Waals surface area contributed by atoms with Crippen LogP contribution in [0.15, 0.2) is 24.3 Å². The zero-order chi connectivity index (χ0) is 12.8. The van der Waals surface area contributed by atoms with Crippen molar-refractivity contribution in [1.29, 1.82) is 0 Å². The highest BCUT2D eigenvalue weighted by atomic mass is 15.5. The Kier molecular flexibility index (Phi) is 4.28. The molecule has 0 saturated heterocycles. The predicted molar refractivity (Wildman–Crippen MR) is 72.2 cm³/mol. The summed E-state index contributed by atoms with van der Waals surface area (Å²) >= 11 is 0. The van der Waals surface area contributed by atoms with Crippen LogP contribution in [0.4, 0.5) is 5.69 Å². The Bertz CT molecular complexity index is 466. The lowest BCUT2D eigenvalue weighted by Crippen LogP contribution is -2.17. The lowest BCUT2D eigenvalue weighted by Gasteiger charge is -2.17. The van der Waals surface area contributed by atoms with Crippen molar-refractivity contribution in [2.75, 3.05) is 5.32 Å². The van der Waals surface area contributed by atoms with Gasteiger partial charge in [-0.2, -0.15) is 5.21 Å². The van der Waals surface area contributed by atoms with Gasteiger partial charge in [-0.1, -0.05) is 32.4 Å². The van der Waals surface area contributed by atoms with Crippen molar-refractivity contribution in [3.8, 4) is 11.4 Å². The molecule has 0 spiro atoms. The highest BCUT2D eigenvalue weighted by Gasteiger charge is 2.07. The molecule has 0 aliphatic heterocycles. The van der Waals surface area contributed by atoms with E-state index in [4.69, 9.17) is 0 Å². The fourth-order valence-electron chi connectivity index (χ4n) is 1.99. The maximum atomic E-state index is 3.99. The number of rotatable bonds is 6. The number of anilines is 1. The van der Waals surface area contributed by atoms with Gasteiger partial charge in [-0.05, 0) is 30.2 Å². The van der Waals surface area contributed by atoms with Gasteiger partial charge in [-0.15, -0.1) is 10.2 Å². The van der Waals surface area contributed by atoms with Gasteiger partial charge < -0.3 is 5.32 Å². The molecule has 0 aliphatic carbocycles. The molecule has 1 heterocycles. The molecule has 0 amide bonds. The summed E-state index contributed by atoms with van der Waals surface area (Å²) in [5.41, 5.74) is 2.08. The van der Waals surface area contributed by atoms with Crippen LogP contribution in [0.2, 0.25) is 0 Å². The van der Waals surface area contributed by atoms with E-state index in [1.165, 1.54) is 12.8 Å². The third-order valence-corrected chi connectivity index (χ3v) is 2.97. The van der Waals surface area contributed by atoms with Crippen LogP contribution < -0.4 is 5.32 Å². The highest BCUT2D eigenvalue weighted by molar-refractivity contribution is 5.61. The average Bonchev–Trinajstić information content (AvgIpc) is 2.92. The molecule has 2 N–H and O–H groups in total. The monoisotopic (exact) mass is 245 g/mol. The largest absolute Gasteiger partial charge is 0.382 e. The van der Waals surface area contributed by atoms with Gasteiger partial charge in [0.1, 0.15) is 0 Å². The van der Waals surface area contributed by atoms with Crippen molar-refractivity contribution in [3.05, 3.63) is 24.3 Å². The van der Waals surface area contributed by atoms with Crippen LogP contribution in [0.25, 0.3) is 11.4 Å². The Morgan fingerprint density at radius 1 is 1.33 bits per heavy atom. The first-order valence-electron chi connectivity index (χ1n) is 6.44. The van der Waals surface area contributed by atoms with Gasteiger partial charge in [0.25, 0.3) is 0 Å². The van der Waals surface area contributed by atoms with E-state index >= 15 is 0 Å². The van der Waals surface area contributed by atoms with Gasteiger partial charge in [0, 0.05) is 17.3 Å². The predicted octanol–water partition coefficient (Wildman–Crippen LogP) is 2.86. The molecule has 1 aromatic carbocycles. The summed E-state index contributed by atoms with van der Waals surface area (Å²) < 4.78 is 0. The van der Waals surface area contributed by atoms with E-state index < -0.39 is 0 Å². The Balaban J connectivity index is 2.12. The van der Waals surface area contributed by atoms with Crippen molar-refractivity contribution < 1.29 is 0 Å². The van der Waals surface area contributed by atoms with E-state index in [1.54, 1.807) is 0 Å². The number of nitrogens with one attached hydrogen (secondary N) is 2. The van der Waals surface area contributed by atoms with Gasteiger partial charge >= 0.3 is 0 Å². The molecule has 1 aromatic heterocycles. The Morgan fingerprint density at radius 3 is 2.89 bits per heavy atom. The number of H-pyrrole nitrogens is 1. The van der Waals surface area contributed by atoms with Crippen LogP contribution in [-0.4, -0.2) is 26.7 Å². The third kappa shape index (κ3) is 3.06. The third-order valence-electron chi connectivity index (χ3n) is 2.97. The molecule has 0 radical (unpaired) electrons. The Morgan fingerprint density at radius 2 is 2.22 bits per heavy atom. The van der Waals surface area contributed by atoms with Gasteiger partial charge in [0.2, 0.25) is 5.82 Å². The van der Waals surface area contributed by atoms with Crippen LogP contribution in [0.1, 0.15) is 33.1 Å². The minimum absolute atomic E-state index is 0.524. The molecular weight excluding hydrogens is 226 g/mol. The minimum Gasteiger partial charge on any atom is -0.382 e. The van der Waals surface area contributed by atoms with Crippen molar-refractivity contribution >= 4 is 5.69 Å². The van der Waals surface area contributed by atoms with Gasteiger partial charge in [-0.25, -0.2) is 0 Å². The molecule has 0 bridgehead atoms. The van der Waals surface area contributed by atoms with E-state index in [0.717, 1.165) is 17.7 Å². The van der Waals surface area contributed by atoms with E-state index in [0.29, 0.717) is 11.9 Å². The number of nitrogens with zero attached hydrogens (tertiary/aromatic N) is 3. The van der Waals surface area contributed by atoms with Crippen molar-refractivity contribution in [2.45, 2.75) is 39.2 Å². The van der Waals surface area contributed by atoms with E-state index in [2.05, 4.69) is 51.9 Å². The first kappa shape index (κ1) is 12.5. The summed E-state index contributed by atoms with van der Waals surface area (Å²) in [6, 6.07) is 8.64. The molecule has 2 aromatic rings. The second kappa shape index (κ2) is 6.14. The van der Waals surface area contributed by atoms with E-state index in [-0.39, 0.29) is 0 Å².